The molecule has 21 heavy (non-hydrogen) atoms. The number of rotatable bonds is 3. The van der Waals surface area contributed by atoms with Crippen LogP contribution in [0.4, 0.5) is 0 Å². The minimum absolute atomic E-state index is 0.180. The van der Waals surface area contributed by atoms with Gasteiger partial charge in [0.15, 0.2) is 0 Å². The summed E-state index contributed by atoms with van der Waals surface area (Å²) in [7, 11) is -2.25. The third-order valence-corrected chi connectivity index (χ3v) is 4.95. The number of benzene rings is 2. The molecule has 0 aliphatic rings. The van der Waals surface area contributed by atoms with Crippen LogP contribution in [0.1, 0.15) is 5.56 Å². The van der Waals surface area contributed by atoms with Gasteiger partial charge in [0.2, 0.25) is 0 Å². The van der Waals surface area contributed by atoms with Gasteiger partial charge >= 0.3 is 0 Å². The van der Waals surface area contributed by atoms with Gasteiger partial charge < -0.3 is 4.74 Å². The molecule has 0 aliphatic carbocycles. The van der Waals surface area contributed by atoms with Crippen LogP contribution >= 0.6 is 0 Å². The molecule has 0 saturated carbocycles. The van der Waals surface area contributed by atoms with Crippen molar-refractivity contribution in [2.24, 2.45) is 0 Å². The molecule has 108 valence electrons. The summed E-state index contributed by atoms with van der Waals surface area (Å²) in [4.78, 5) is 0.180. The summed E-state index contributed by atoms with van der Waals surface area (Å²) in [5.41, 5.74) is 1.58. The number of nitrogens with zero attached hydrogens (tertiary/aromatic N) is 3. The lowest BCUT2D eigenvalue weighted by Crippen LogP contribution is -2.15. The predicted molar refractivity (Wildman–Crippen MR) is 77.8 cm³/mol. The number of aryl methyl sites for hydroxylation is 1. The molecule has 1 heterocycles. The summed E-state index contributed by atoms with van der Waals surface area (Å²) in [5, 5.41) is 7.66. The van der Waals surface area contributed by atoms with Gasteiger partial charge in [0, 0.05) is 0 Å². The van der Waals surface area contributed by atoms with Crippen molar-refractivity contribution in [1.82, 2.24) is 14.4 Å². The first kappa shape index (κ1) is 13.6. The number of para-hydroxylation sites is 1. The molecule has 0 unspecified atom stereocenters. The van der Waals surface area contributed by atoms with Crippen LogP contribution in [0.3, 0.4) is 0 Å². The van der Waals surface area contributed by atoms with Gasteiger partial charge in [-0.2, -0.15) is 8.42 Å². The second kappa shape index (κ2) is 4.85. The number of fused-ring (bicyclic) bond motifs is 1. The van der Waals surface area contributed by atoms with Crippen LogP contribution in [0.2, 0.25) is 0 Å². The Morgan fingerprint density at radius 1 is 1.14 bits per heavy atom. The maximum Gasteiger partial charge on any atom is 0.285 e. The zero-order chi connectivity index (χ0) is 15.0. The van der Waals surface area contributed by atoms with Gasteiger partial charge in [-0.3, -0.25) is 0 Å². The highest BCUT2D eigenvalue weighted by atomic mass is 32.2. The minimum Gasteiger partial charge on any atom is -0.497 e. The van der Waals surface area contributed by atoms with Crippen LogP contribution in [0.15, 0.2) is 47.4 Å². The maximum atomic E-state index is 12.7. The molecule has 0 bridgehead atoms. The predicted octanol–water partition coefficient (Wildman–Crippen LogP) is 1.99. The number of hydrogen-bond acceptors (Lipinski definition) is 5. The van der Waals surface area contributed by atoms with E-state index in [0.717, 1.165) is 4.09 Å². The average molecular weight is 303 g/mol. The van der Waals surface area contributed by atoms with Crippen LogP contribution in [0.25, 0.3) is 11.0 Å². The fourth-order valence-electron chi connectivity index (χ4n) is 2.16. The molecule has 1 aromatic heterocycles. The van der Waals surface area contributed by atoms with Crippen molar-refractivity contribution in [2.75, 3.05) is 7.11 Å². The summed E-state index contributed by atoms with van der Waals surface area (Å²) < 4.78 is 31.5. The Morgan fingerprint density at radius 3 is 2.62 bits per heavy atom. The van der Waals surface area contributed by atoms with Gasteiger partial charge in [0.1, 0.15) is 16.8 Å². The highest BCUT2D eigenvalue weighted by molar-refractivity contribution is 7.90. The number of methoxy groups -OCH3 is 1. The lowest BCUT2D eigenvalue weighted by molar-refractivity contribution is 0.414. The van der Waals surface area contributed by atoms with Crippen molar-refractivity contribution >= 4 is 21.1 Å². The molecule has 0 spiro atoms. The Hall–Kier alpha value is -2.41. The molecule has 6 nitrogen and oxygen atoms in total. The molecule has 7 heteroatoms. The topological polar surface area (TPSA) is 74.1 Å². The van der Waals surface area contributed by atoms with E-state index in [2.05, 4.69) is 10.3 Å². The van der Waals surface area contributed by atoms with Gasteiger partial charge in [-0.1, -0.05) is 17.3 Å². The van der Waals surface area contributed by atoms with Gasteiger partial charge in [0.25, 0.3) is 10.0 Å². The number of hydrogen-bond donors (Lipinski definition) is 0. The Bertz CT molecular complexity index is 916. The standard InChI is InChI=1S/C14H13N3O3S/c1-10-9-11(20-2)7-8-14(10)21(18,19)17-13-6-4-3-5-12(13)15-16-17/h3-9H,1-2H3. The molecule has 0 saturated heterocycles. The molecular formula is C14H13N3O3S. The molecule has 0 N–H and O–H groups in total. The smallest absolute Gasteiger partial charge is 0.285 e. The maximum absolute atomic E-state index is 12.7. The second-order valence-corrected chi connectivity index (χ2v) is 6.29. The third-order valence-electron chi connectivity index (χ3n) is 3.21. The van der Waals surface area contributed by atoms with Crippen LogP contribution in [-0.2, 0) is 10.0 Å². The van der Waals surface area contributed by atoms with Crippen molar-refractivity contribution < 1.29 is 13.2 Å². The van der Waals surface area contributed by atoms with E-state index in [4.69, 9.17) is 4.74 Å². The highest BCUT2D eigenvalue weighted by Crippen LogP contribution is 2.24. The Kier molecular flexibility index (Phi) is 3.13. The summed E-state index contributed by atoms with van der Waals surface area (Å²) in [6, 6.07) is 11.7. The monoisotopic (exact) mass is 303 g/mol. The van der Waals surface area contributed by atoms with Crippen molar-refractivity contribution in [1.29, 1.82) is 0 Å². The number of aromatic nitrogens is 3. The largest absolute Gasteiger partial charge is 0.497 e. The van der Waals surface area contributed by atoms with Gasteiger partial charge in [0.05, 0.1) is 12.0 Å². The second-order valence-electron chi connectivity index (χ2n) is 4.56. The lowest BCUT2D eigenvalue weighted by Gasteiger charge is -2.09. The first-order chi connectivity index (χ1) is 10.0. The fraction of sp³-hybridized carbons (Fsp3) is 0.143. The summed E-state index contributed by atoms with van der Waals surface area (Å²) in [5.74, 6) is 0.606. The average Bonchev–Trinajstić information content (AvgIpc) is 2.91. The molecule has 0 fully saturated rings. The van der Waals surface area contributed by atoms with E-state index >= 15 is 0 Å². The van der Waals surface area contributed by atoms with Crippen molar-refractivity contribution in [3.05, 3.63) is 48.0 Å². The van der Waals surface area contributed by atoms with E-state index in [1.807, 2.05) is 0 Å². The SMILES string of the molecule is COc1ccc(S(=O)(=O)n2nnc3ccccc32)c(C)c1. The fourth-order valence-corrected chi connectivity index (χ4v) is 3.59. The van der Waals surface area contributed by atoms with E-state index in [9.17, 15) is 8.42 Å². The van der Waals surface area contributed by atoms with Crippen molar-refractivity contribution in [3.63, 3.8) is 0 Å². The van der Waals surface area contributed by atoms with Crippen LogP contribution in [-0.4, -0.2) is 29.9 Å². The molecular weight excluding hydrogens is 290 g/mol. The zero-order valence-corrected chi connectivity index (χ0v) is 12.3. The van der Waals surface area contributed by atoms with Crippen molar-refractivity contribution in [3.8, 4) is 5.75 Å². The third kappa shape index (κ3) is 2.15. The zero-order valence-electron chi connectivity index (χ0n) is 11.5. The van der Waals surface area contributed by atoms with E-state index in [1.165, 1.54) is 13.2 Å². The molecule has 2 aromatic carbocycles. The Labute approximate surface area is 122 Å². The normalized spacial score (nSPS) is 11.7. The van der Waals surface area contributed by atoms with Gasteiger partial charge in [-0.25, -0.2) is 0 Å². The highest BCUT2D eigenvalue weighted by Gasteiger charge is 2.23. The van der Waals surface area contributed by atoms with E-state index in [1.54, 1.807) is 43.3 Å². The molecule has 0 amide bonds. The Balaban J connectivity index is 2.21. The molecule has 3 aromatic rings. The molecule has 0 aliphatic heterocycles. The lowest BCUT2D eigenvalue weighted by atomic mass is 10.2. The van der Waals surface area contributed by atoms with Gasteiger partial charge in [-0.15, -0.1) is 9.19 Å². The number of ether oxygens (including phenoxy) is 1. The summed E-state index contributed by atoms with van der Waals surface area (Å²) in [6.45, 7) is 1.72. The van der Waals surface area contributed by atoms with Crippen molar-refractivity contribution in [2.45, 2.75) is 11.8 Å². The van der Waals surface area contributed by atoms with Gasteiger partial charge in [-0.05, 0) is 42.8 Å². The van der Waals surface area contributed by atoms with E-state index in [0.29, 0.717) is 22.3 Å². The summed E-state index contributed by atoms with van der Waals surface area (Å²) >= 11 is 0. The van der Waals surface area contributed by atoms with Crippen LogP contribution < -0.4 is 4.74 Å². The van der Waals surface area contributed by atoms with Crippen LogP contribution in [0, 0.1) is 6.92 Å². The van der Waals surface area contributed by atoms with Crippen LogP contribution in [0.5, 0.6) is 5.75 Å². The van der Waals surface area contributed by atoms with E-state index < -0.39 is 10.0 Å². The molecule has 0 atom stereocenters. The summed E-state index contributed by atoms with van der Waals surface area (Å²) in [6.07, 6.45) is 0. The molecule has 3 rings (SSSR count). The Morgan fingerprint density at radius 2 is 1.90 bits per heavy atom. The first-order valence-electron chi connectivity index (χ1n) is 6.25. The quantitative estimate of drug-likeness (QED) is 0.739. The first-order valence-corrected chi connectivity index (χ1v) is 7.69. The molecule has 0 radical (unpaired) electrons. The minimum atomic E-state index is -3.79. The van der Waals surface area contributed by atoms with E-state index in [-0.39, 0.29) is 4.90 Å².